The van der Waals surface area contributed by atoms with Gasteiger partial charge in [0.15, 0.2) is 5.70 Å². The van der Waals surface area contributed by atoms with E-state index in [1.54, 1.807) is 13.2 Å². The van der Waals surface area contributed by atoms with Gasteiger partial charge in [-0.25, -0.2) is 9.79 Å². The van der Waals surface area contributed by atoms with Gasteiger partial charge < -0.3 is 9.47 Å². The molecule has 0 aromatic heterocycles. The maximum absolute atomic E-state index is 12.0. The van der Waals surface area contributed by atoms with Crippen molar-refractivity contribution < 1.29 is 14.3 Å². The number of methoxy groups -OCH3 is 1. The number of aliphatic imine (C=N–C) groups is 1. The molecule has 3 rings (SSSR count). The average Bonchev–Trinajstić information content (AvgIpc) is 2.89. The smallest absolute Gasteiger partial charge is 0.363 e. The van der Waals surface area contributed by atoms with Crippen molar-refractivity contribution in [1.82, 2.24) is 0 Å². The van der Waals surface area contributed by atoms with Gasteiger partial charge in [-0.3, -0.25) is 0 Å². The summed E-state index contributed by atoms with van der Waals surface area (Å²) in [7, 11) is 1.59. The lowest BCUT2D eigenvalue weighted by Crippen LogP contribution is -2.05. The minimum Gasteiger partial charge on any atom is -0.496 e. The van der Waals surface area contributed by atoms with E-state index in [0.29, 0.717) is 11.6 Å². The first-order chi connectivity index (χ1) is 10.7. The number of carbonyl (C=O) groups is 1. The Morgan fingerprint density at radius 1 is 1.09 bits per heavy atom. The van der Waals surface area contributed by atoms with Crippen LogP contribution in [-0.4, -0.2) is 19.0 Å². The van der Waals surface area contributed by atoms with Crippen LogP contribution in [0.2, 0.25) is 0 Å². The van der Waals surface area contributed by atoms with E-state index in [1.165, 1.54) is 0 Å². The van der Waals surface area contributed by atoms with Crippen LogP contribution < -0.4 is 4.74 Å². The molecule has 0 fully saturated rings. The molecule has 1 aliphatic rings. The number of para-hydroxylation sites is 1. The third-order valence-corrected chi connectivity index (χ3v) is 3.35. The predicted molar refractivity (Wildman–Crippen MR) is 84.8 cm³/mol. The van der Waals surface area contributed by atoms with Crippen LogP contribution in [0.3, 0.4) is 0 Å². The largest absolute Gasteiger partial charge is 0.496 e. The topological polar surface area (TPSA) is 47.9 Å². The maximum atomic E-state index is 12.0. The zero-order chi connectivity index (χ0) is 15.5. The van der Waals surface area contributed by atoms with Crippen molar-refractivity contribution in [2.24, 2.45) is 4.99 Å². The molecule has 2 aromatic rings. The van der Waals surface area contributed by atoms with Crippen LogP contribution in [-0.2, 0) is 9.53 Å². The number of hydrogen-bond acceptors (Lipinski definition) is 4. The van der Waals surface area contributed by atoms with Crippen molar-refractivity contribution >= 4 is 17.9 Å². The lowest BCUT2D eigenvalue weighted by atomic mass is 10.1. The number of nitrogens with zero attached hydrogens (tertiary/aromatic N) is 1. The van der Waals surface area contributed by atoms with E-state index in [2.05, 4.69) is 4.99 Å². The summed E-state index contributed by atoms with van der Waals surface area (Å²) >= 11 is 0. The fraction of sp³-hybridized carbons (Fsp3) is 0.111. The average molecular weight is 293 g/mol. The van der Waals surface area contributed by atoms with Gasteiger partial charge in [0.25, 0.3) is 0 Å². The fourth-order valence-corrected chi connectivity index (χ4v) is 2.16. The Morgan fingerprint density at radius 3 is 2.55 bits per heavy atom. The highest BCUT2D eigenvalue weighted by Gasteiger charge is 2.24. The van der Waals surface area contributed by atoms with Gasteiger partial charge in [0.2, 0.25) is 5.90 Å². The number of benzene rings is 2. The van der Waals surface area contributed by atoms with Gasteiger partial charge in [-0.1, -0.05) is 35.9 Å². The van der Waals surface area contributed by atoms with Crippen LogP contribution in [0.25, 0.3) is 6.08 Å². The number of ether oxygens (including phenoxy) is 2. The standard InChI is InChI=1S/C18H15NO3/c1-12-7-9-13(10-8-12)17-19-15(18(20)22-17)11-14-5-3-4-6-16(14)21-2/h3-11H,1-2H3/b15-11-. The second kappa shape index (κ2) is 5.85. The van der Waals surface area contributed by atoms with E-state index in [9.17, 15) is 4.79 Å². The molecule has 2 aromatic carbocycles. The number of cyclic esters (lactones) is 1. The highest BCUT2D eigenvalue weighted by molar-refractivity contribution is 6.12. The Labute approximate surface area is 128 Å². The number of aryl methyl sites for hydroxylation is 1. The van der Waals surface area contributed by atoms with Crippen LogP contribution in [0.5, 0.6) is 5.75 Å². The van der Waals surface area contributed by atoms with Crippen molar-refractivity contribution in [2.45, 2.75) is 6.92 Å². The van der Waals surface area contributed by atoms with E-state index >= 15 is 0 Å². The van der Waals surface area contributed by atoms with Gasteiger partial charge in [-0.05, 0) is 31.2 Å². The number of hydrogen-bond donors (Lipinski definition) is 0. The Kier molecular flexibility index (Phi) is 3.74. The quantitative estimate of drug-likeness (QED) is 0.644. The van der Waals surface area contributed by atoms with Gasteiger partial charge in [-0.2, -0.15) is 0 Å². The molecule has 0 saturated carbocycles. The summed E-state index contributed by atoms with van der Waals surface area (Å²) in [5, 5.41) is 0. The lowest BCUT2D eigenvalue weighted by Gasteiger charge is -2.03. The Balaban J connectivity index is 1.96. The lowest BCUT2D eigenvalue weighted by molar-refractivity contribution is -0.129. The Hall–Kier alpha value is -2.88. The van der Waals surface area contributed by atoms with Gasteiger partial charge in [0.1, 0.15) is 5.75 Å². The van der Waals surface area contributed by atoms with Gasteiger partial charge in [-0.15, -0.1) is 0 Å². The van der Waals surface area contributed by atoms with E-state index in [4.69, 9.17) is 9.47 Å². The van der Waals surface area contributed by atoms with Crippen molar-refractivity contribution in [3.8, 4) is 5.75 Å². The molecule has 0 amide bonds. The van der Waals surface area contributed by atoms with E-state index < -0.39 is 5.97 Å². The number of rotatable bonds is 3. The predicted octanol–water partition coefficient (Wildman–Crippen LogP) is 3.35. The molecule has 0 unspecified atom stereocenters. The molecular weight excluding hydrogens is 278 g/mol. The molecule has 4 heteroatoms. The summed E-state index contributed by atoms with van der Waals surface area (Å²) in [6, 6.07) is 15.1. The summed E-state index contributed by atoms with van der Waals surface area (Å²) in [5.74, 6) is 0.550. The summed E-state index contributed by atoms with van der Waals surface area (Å²) in [5.41, 5.74) is 2.96. The molecule has 0 radical (unpaired) electrons. The van der Waals surface area contributed by atoms with Gasteiger partial charge >= 0.3 is 5.97 Å². The summed E-state index contributed by atoms with van der Waals surface area (Å²) in [6.07, 6.45) is 1.67. The van der Waals surface area contributed by atoms with E-state index in [0.717, 1.165) is 16.7 Å². The zero-order valence-corrected chi connectivity index (χ0v) is 12.4. The highest BCUT2D eigenvalue weighted by Crippen LogP contribution is 2.24. The maximum Gasteiger partial charge on any atom is 0.363 e. The monoisotopic (exact) mass is 293 g/mol. The molecule has 0 aliphatic carbocycles. The highest BCUT2D eigenvalue weighted by atomic mass is 16.6. The molecular formula is C18H15NO3. The molecule has 1 heterocycles. The van der Waals surface area contributed by atoms with Crippen LogP contribution in [0.1, 0.15) is 16.7 Å². The number of carbonyl (C=O) groups excluding carboxylic acids is 1. The van der Waals surface area contributed by atoms with Gasteiger partial charge in [0, 0.05) is 11.1 Å². The Bertz CT molecular complexity index is 773. The van der Waals surface area contributed by atoms with E-state index in [1.807, 2.05) is 55.5 Å². The first kappa shape index (κ1) is 14.1. The molecule has 22 heavy (non-hydrogen) atoms. The fourth-order valence-electron chi connectivity index (χ4n) is 2.16. The minimum atomic E-state index is -0.457. The van der Waals surface area contributed by atoms with Crippen LogP contribution in [0.15, 0.2) is 59.2 Å². The van der Waals surface area contributed by atoms with Crippen LogP contribution in [0.4, 0.5) is 0 Å². The minimum absolute atomic E-state index is 0.264. The van der Waals surface area contributed by atoms with Crippen molar-refractivity contribution in [3.63, 3.8) is 0 Å². The molecule has 110 valence electrons. The third-order valence-electron chi connectivity index (χ3n) is 3.35. The first-order valence-electron chi connectivity index (χ1n) is 6.90. The number of esters is 1. The van der Waals surface area contributed by atoms with Gasteiger partial charge in [0.05, 0.1) is 7.11 Å². The summed E-state index contributed by atoms with van der Waals surface area (Å²) in [4.78, 5) is 16.3. The summed E-state index contributed by atoms with van der Waals surface area (Å²) in [6.45, 7) is 2.00. The van der Waals surface area contributed by atoms with Crippen LogP contribution >= 0.6 is 0 Å². The van der Waals surface area contributed by atoms with Crippen molar-refractivity contribution in [3.05, 3.63) is 70.9 Å². The van der Waals surface area contributed by atoms with Crippen molar-refractivity contribution in [2.75, 3.05) is 7.11 Å². The molecule has 0 atom stereocenters. The molecule has 4 nitrogen and oxygen atoms in total. The second-order valence-electron chi connectivity index (χ2n) is 4.94. The first-order valence-corrected chi connectivity index (χ1v) is 6.90. The second-order valence-corrected chi connectivity index (χ2v) is 4.94. The van der Waals surface area contributed by atoms with Crippen molar-refractivity contribution in [1.29, 1.82) is 0 Å². The normalized spacial score (nSPS) is 15.6. The molecule has 0 spiro atoms. The Morgan fingerprint density at radius 2 is 1.82 bits per heavy atom. The third kappa shape index (κ3) is 2.76. The molecule has 0 N–H and O–H groups in total. The molecule has 0 saturated heterocycles. The SMILES string of the molecule is COc1ccccc1/C=C1\N=C(c2ccc(C)cc2)OC1=O. The molecule has 0 bridgehead atoms. The zero-order valence-electron chi connectivity index (χ0n) is 12.4. The van der Waals surface area contributed by atoms with Crippen LogP contribution in [0, 0.1) is 6.92 Å². The van der Waals surface area contributed by atoms with E-state index in [-0.39, 0.29) is 5.70 Å². The molecule has 1 aliphatic heterocycles. The summed E-state index contributed by atoms with van der Waals surface area (Å²) < 4.78 is 10.5.